The minimum atomic E-state index is -0.0198. The van der Waals surface area contributed by atoms with Gasteiger partial charge in [0.1, 0.15) is 0 Å². The van der Waals surface area contributed by atoms with E-state index in [2.05, 4.69) is 85.2 Å². The molecule has 256 valence electrons. The van der Waals surface area contributed by atoms with Crippen molar-refractivity contribution in [3.8, 4) is 22.3 Å². The van der Waals surface area contributed by atoms with E-state index in [4.69, 9.17) is 9.97 Å². The predicted octanol–water partition coefficient (Wildman–Crippen LogP) is 12.4. The summed E-state index contributed by atoms with van der Waals surface area (Å²) in [6.07, 6.45) is 18.3. The molecule has 0 spiro atoms. The number of fused-ring (bicyclic) bond motifs is 9. The van der Waals surface area contributed by atoms with Gasteiger partial charge in [-0.2, -0.15) is 0 Å². The summed E-state index contributed by atoms with van der Waals surface area (Å²) in [4.78, 5) is 11.0. The lowest BCUT2D eigenvalue weighted by Crippen LogP contribution is -2.25. The van der Waals surface area contributed by atoms with Crippen molar-refractivity contribution in [1.29, 1.82) is 0 Å². The number of benzene rings is 3. The van der Waals surface area contributed by atoms with Gasteiger partial charge in [0.2, 0.25) is 0 Å². The van der Waals surface area contributed by atoms with Crippen LogP contribution < -0.4 is 0 Å². The fraction of sp³-hybridized carbons (Fsp3) is 0.429. The summed E-state index contributed by atoms with van der Waals surface area (Å²) >= 11 is 0. The zero-order valence-electron chi connectivity index (χ0n) is 30.4. The lowest BCUT2D eigenvalue weighted by Gasteiger charge is -2.38. The van der Waals surface area contributed by atoms with Gasteiger partial charge in [0, 0.05) is 50.2 Å². The maximum atomic E-state index is 5.50. The highest BCUT2D eigenvalue weighted by molar-refractivity contribution is 6.26. The predicted molar refractivity (Wildman–Crippen MR) is 211 cm³/mol. The molecule has 0 amide bonds. The molecule has 0 N–H and O–H groups in total. The minimum Gasteiger partial charge on any atom is -0.305 e. The van der Waals surface area contributed by atoms with Crippen LogP contribution in [0.25, 0.3) is 60.3 Å². The third-order valence-electron chi connectivity index (χ3n) is 16.4. The maximum absolute atomic E-state index is 5.50. The first-order chi connectivity index (χ1) is 25.5. The van der Waals surface area contributed by atoms with Gasteiger partial charge in [-0.1, -0.05) is 56.3 Å². The Hall–Kier alpha value is -4.24. The highest BCUT2D eigenvalue weighted by Gasteiger charge is 2.46. The molecule has 3 nitrogen and oxygen atoms in total. The monoisotopic (exact) mass is 675 g/mol. The average molecular weight is 676 g/mol. The minimum absolute atomic E-state index is 0.0198. The first-order valence-electron chi connectivity index (χ1n) is 20.8. The molecule has 4 unspecified atom stereocenters. The van der Waals surface area contributed by atoms with Crippen LogP contribution in [-0.2, 0) is 5.41 Å². The summed E-state index contributed by atoms with van der Waals surface area (Å²) in [5.41, 5.74) is 18.8. The second-order valence-electron chi connectivity index (χ2n) is 19.4. The highest BCUT2D eigenvalue weighted by atomic mass is 14.9. The molecule has 4 atom stereocenters. The Labute approximate surface area is 305 Å². The normalized spacial score (nSPS) is 31.4. The topological polar surface area (TPSA) is 30.2 Å². The number of hydrogen-bond acceptors (Lipinski definition) is 2. The van der Waals surface area contributed by atoms with Gasteiger partial charge in [-0.05, 0) is 156 Å². The Morgan fingerprint density at radius 1 is 0.558 bits per heavy atom. The van der Waals surface area contributed by atoms with Gasteiger partial charge in [0.05, 0.1) is 28.9 Å². The molecule has 16 rings (SSSR count). The molecule has 0 saturated heterocycles. The molecule has 4 saturated carbocycles. The molecule has 52 heavy (non-hydrogen) atoms. The van der Waals surface area contributed by atoms with Crippen LogP contribution in [0, 0.1) is 23.7 Å². The first-order valence-corrected chi connectivity index (χ1v) is 20.8. The van der Waals surface area contributed by atoms with Crippen LogP contribution in [-0.4, -0.2) is 14.4 Å². The molecular weight excluding hydrogens is 631 g/mol. The van der Waals surface area contributed by atoms with Gasteiger partial charge < -0.3 is 4.40 Å². The van der Waals surface area contributed by atoms with Crippen molar-refractivity contribution in [2.24, 2.45) is 23.7 Å². The van der Waals surface area contributed by atoms with Crippen molar-refractivity contribution in [1.82, 2.24) is 14.4 Å². The lowest BCUT2D eigenvalue weighted by atomic mass is 9.67. The van der Waals surface area contributed by atoms with Gasteiger partial charge in [0.15, 0.2) is 0 Å². The van der Waals surface area contributed by atoms with E-state index < -0.39 is 0 Å². The molecule has 3 heteroatoms. The van der Waals surface area contributed by atoms with Crippen molar-refractivity contribution in [2.45, 2.75) is 107 Å². The van der Waals surface area contributed by atoms with Crippen LogP contribution in [0.15, 0.2) is 67.0 Å². The van der Waals surface area contributed by atoms with Crippen molar-refractivity contribution in [3.05, 3.63) is 101 Å². The summed E-state index contributed by atoms with van der Waals surface area (Å²) in [7, 11) is 0. The van der Waals surface area contributed by atoms with Crippen LogP contribution in [0.3, 0.4) is 0 Å². The second-order valence-corrected chi connectivity index (χ2v) is 19.4. The van der Waals surface area contributed by atoms with E-state index >= 15 is 0 Å². The van der Waals surface area contributed by atoms with Crippen LogP contribution in [0.5, 0.6) is 0 Å². The van der Waals surface area contributed by atoms with Crippen LogP contribution in [0.1, 0.15) is 135 Å². The SMILES string of the molecule is CC1(C)c2ccccc2-c2c(-c3cc4c5c6c(ncc5n5c7cnc8c(c7c(c3)c45)C3CC4CC(CC8C4)C3)C3CC4CC(C3)CC6C4)cccc21. The summed E-state index contributed by atoms with van der Waals surface area (Å²) in [6.45, 7) is 4.84. The Kier molecular flexibility index (Phi) is 5.04. The number of aromatic nitrogens is 3. The summed E-state index contributed by atoms with van der Waals surface area (Å²) in [5.74, 6) is 6.04. The zero-order chi connectivity index (χ0) is 33.8. The summed E-state index contributed by atoms with van der Waals surface area (Å²) < 4.78 is 2.65. The Bertz CT molecular complexity index is 2590. The number of rotatable bonds is 1. The van der Waals surface area contributed by atoms with Crippen LogP contribution in [0.2, 0.25) is 0 Å². The fourth-order valence-electron chi connectivity index (χ4n) is 14.8. The van der Waals surface area contributed by atoms with Crippen LogP contribution in [0.4, 0.5) is 0 Å². The van der Waals surface area contributed by atoms with E-state index in [9.17, 15) is 0 Å². The summed E-state index contributed by atoms with van der Waals surface area (Å²) in [6, 6.07) is 21.6. The Morgan fingerprint density at radius 3 is 1.63 bits per heavy atom. The number of hydrogen-bond donors (Lipinski definition) is 0. The Morgan fingerprint density at radius 2 is 1.06 bits per heavy atom. The van der Waals surface area contributed by atoms with Gasteiger partial charge in [0.25, 0.3) is 0 Å². The van der Waals surface area contributed by atoms with E-state index in [1.165, 1.54) is 147 Å². The molecule has 9 aliphatic carbocycles. The first kappa shape index (κ1) is 28.3. The average Bonchev–Trinajstić information content (AvgIpc) is 3.64. The summed E-state index contributed by atoms with van der Waals surface area (Å²) in [5, 5.41) is 5.98. The Balaban J connectivity index is 1.14. The quantitative estimate of drug-likeness (QED) is 0.173. The molecule has 0 aliphatic heterocycles. The van der Waals surface area contributed by atoms with E-state index in [-0.39, 0.29) is 5.41 Å². The molecule has 7 aromatic rings. The standard InChI is InChI=1S/C49H45N3/c1-49(2)37-8-4-3-6-34(37)43-33(7-5-9-38(43)49)28-20-35-44-39(22-50-46-31-16-24-10-25(17-31)13-29(12-24)41(44)46)52-40-23-51-47-32-18-26-11-27(19-32)15-30(14-26)42(47)45(40)36(21-28)48(35)52/h3-9,20-27,29-32H,10-19H2,1-2H3. The third kappa shape index (κ3) is 3.30. The molecule has 3 aromatic carbocycles. The molecule has 9 aliphatic rings. The smallest absolute Gasteiger partial charge is 0.0728 e. The van der Waals surface area contributed by atoms with E-state index in [1.807, 2.05) is 0 Å². The van der Waals surface area contributed by atoms with Crippen molar-refractivity contribution >= 4 is 38.1 Å². The van der Waals surface area contributed by atoms with Gasteiger partial charge in [-0.25, -0.2) is 0 Å². The number of pyridine rings is 2. The molecule has 0 radical (unpaired) electrons. The largest absolute Gasteiger partial charge is 0.305 e. The molecular formula is C49H45N3. The van der Waals surface area contributed by atoms with Crippen LogP contribution >= 0.6 is 0 Å². The number of nitrogens with zero attached hydrogens (tertiary/aromatic N) is 3. The van der Waals surface area contributed by atoms with Crippen molar-refractivity contribution < 1.29 is 0 Å². The van der Waals surface area contributed by atoms with Gasteiger partial charge in [-0.3, -0.25) is 9.97 Å². The van der Waals surface area contributed by atoms with Crippen molar-refractivity contribution in [3.63, 3.8) is 0 Å². The van der Waals surface area contributed by atoms with Crippen molar-refractivity contribution in [2.75, 3.05) is 0 Å². The van der Waals surface area contributed by atoms with Gasteiger partial charge >= 0.3 is 0 Å². The molecule has 4 heterocycles. The molecule has 4 fully saturated rings. The maximum Gasteiger partial charge on any atom is 0.0728 e. The highest BCUT2D eigenvalue weighted by Crippen LogP contribution is 2.61. The molecule has 4 aromatic heterocycles. The lowest BCUT2D eigenvalue weighted by molar-refractivity contribution is 0.165. The fourth-order valence-corrected chi connectivity index (χ4v) is 14.8. The van der Waals surface area contributed by atoms with E-state index in [0.29, 0.717) is 23.7 Å². The van der Waals surface area contributed by atoms with E-state index in [1.54, 1.807) is 11.1 Å². The molecule has 8 bridgehead atoms. The zero-order valence-corrected chi connectivity index (χ0v) is 30.4. The van der Waals surface area contributed by atoms with Gasteiger partial charge in [-0.15, -0.1) is 0 Å². The van der Waals surface area contributed by atoms with E-state index in [0.717, 1.165) is 23.7 Å². The second kappa shape index (κ2) is 9.27. The third-order valence-corrected chi connectivity index (χ3v) is 16.4.